The highest BCUT2D eigenvalue weighted by atomic mass is 79.9. The third-order valence-corrected chi connectivity index (χ3v) is 17.6. The Morgan fingerprint density at radius 2 is 1.48 bits per heavy atom. The monoisotopic (exact) mass is 527 g/mol. The average molecular weight is 529 g/mol. The first-order valence-corrected chi connectivity index (χ1v) is 18.2. The van der Waals surface area contributed by atoms with Gasteiger partial charge in [-0.3, -0.25) is 4.84 Å². The van der Waals surface area contributed by atoms with Crippen LogP contribution in [0.1, 0.15) is 59.6 Å². The summed E-state index contributed by atoms with van der Waals surface area (Å²) in [6, 6.07) is 8.61. The molecule has 176 valence electrons. The van der Waals surface area contributed by atoms with Crippen LogP contribution in [0.4, 0.5) is 0 Å². The predicted octanol–water partition coefficient (Wildman–Crippen LogP) is 7.29. The van der Waals surface area contributed by atoms with E-state index in [4.69, 9.17) is 13.7 Å². The maximum absolute atomic E-state index is 7.07. The van der Waals surface area contributed by atoms with Crippen molar-refractivity contribution in [3.05, 3.63) is 34.3 Å². The van der Waals surface area contributed by atoms with E-state index in [1.807, 2.05) is 0 Å². The first kappa shape index (κ1) is 25.6. The van der Waals surface area contributed by atoms with Crippen LogP contribution in [0.15, 0.2) is 28.7 Å². The van der Waals surface area contributed by atoms with E-state index in [0.717, 1.165) is 17.4 Å². The number of fused-ring (bicyclic) bond motifs is 1. The minimum Gasteiger partial charge on any atom is -0.410 e. The molecule has 0 bridgehead atoms. The van der Waals surface area contributed by atoms with Crippen molar-refractivity contribution in [1.82, 2.24) is 5.06 Å². The summed E-state index contributed by atoms with van der Waals surface area (Å²) in [7, 11) is -3.89. The van der Waals surface area contributed by atoms with Crippen LogP contribution in [0.5, 0.6) is 0 Å². The maximum atomic E-state index is 7.07. The van der Waals surface area contributed by atoms with Crippen LogP contribution in [-0.4, -0.2) is 46.5 Å². The van der Waals surface area contributed by atoms with Crippen LogP contribution in [0.25, 0.3) is 0 Å². The van der Waals surface area contributed by atoms with Gasteiger partial charge < -0.3 is 8.85 Å². The van der Waals surface area contributed by atoms with E-state index in [9.17, 15) is 0 Å². The zero-order chi connectivity index (χ0) is 23.4. The molecule has 0 saturated carbocycles. The van der Waals surface area contributed by atoms with Crippen molar-refractivity contribution in [3.63, 3.8) is 0 Å². The van der Waals surface area contributed by atoms with Gasteiger partial charge in [0.15, 0.2) is 16.6 Å². The van der Waals surface area contributed by atoms with Crippen LogP contribution in [0.2, 0.25) is 36.3 Å². The maximum Gasteiger partial charge on any atom is 0.192 e. The lowest BCUT2D eigenvalue weighted by molar-refractivity contribution is -0.155. The molecule has 2 saturated heterocycles. The zero-order valence-electron chi connectivity index (χ0n) is 21.1. The van der Waals surface area contributed by atoms with E-state index in [2.05, 4.69) is 113 Å². The molecule has 1 aromatic carbocycles. The van der Waals surface area contributed by atoms with Gasteiger partial charge in [0.2, 0.25) is 0 Å². The summed E-state index contributed by atoms with van der Waals surface area (Å²) in [4.78, 5) is 6.49. The minimum absolute atomic E-state index is 0.0440. The van der Waals surface area contributed by atoms with Crippen molar-refractivity contribution in [2.45, 2.75) is 109 Å². The fourth-order valence-electron chi connectivity index (χ4n) is 3.88. The number of hydrogen-bond acceptors (Lipinski definition) is 4. The molecule has 0 amide bonds. The Bertz CT molecular complexity index is 788. The molecule has 2 aliphatic rings. The van der Waals surface area contributed by atoms with Gasteiger partial charge in [-0.05, 0) is 47.9 Å². The van der Waals surface area contributed by atoms with Gasteiger partial charge in [0, 0.05) is 10.9 Å². The molecule has 0 unspecified atom stereocenters. The van der Waals surface area contributed by atoms with Gasteiger partial charge in [0.1, 0.15) is 6.10 Å². The molecule has 0 N–H and O–H groups in total. The fourth-order valence-corrected chi connectivity index (χ4v) is 7.08. The van der Waals surface area contributed by atoms with Crippen molar-refractivity contribution < 1.29 is 13.7 Å². The first-order chi connectivity index (χ1) is 14.0. The Labute approximate surface area is 200 Å². The van der Waals surface area contributed by atoms with Gasteiger partial charge in [-0.1, -0.05) is 75.7 Å². The second-order valence-electron chi connectivity index (χ2n) is 12.3. The molecule has 4 nitrogen and oxygen atoms in total. The molecule has 0 aliphatic carbocycles. The molecule has 0 spiro atoms. The number of nitrogens with zero attached hydrogens (tertiary/aromatic N) is 1. The van der Waals surface area contributed by atoms with Crippen molar-refractivity contribution in [3.8, 4) is 0 Å². The van der Waals surface area contributed by atoms with Crippen molar-refractivity contribution in [2.75, 3.05) is 6.54 Å². The van der Waals surface area contributed by atoms with Gasteiger partial charge in [-0.15, -0.1) is 0 Å². The quantitative estimate of drug-likeness (QED) is 0.376. The van der Waals surface area contributed by atoms with Gasteiger partial charge in [-0.2, -0.15) is 5.06 Å². The SMILES string of the molecule is CC(C)(C)[Si](C)(C)O[C@@H]1[C@@H](O[Si](C)(C)C(C)(C)C)CN2O[C@@H](c3ccccc3Br)C[C@H]12. The number of benzene rings is 1. The normalized spacial score (nSPS) is 28.2. The van der Waals surface area contributed by atoms with E-state index in [-0.39, 0.29) is 34.4 Å². The third-order valence-electron chi connectivity index (χ3n) is 7.93. The van der Waals surface area contributed by atoms with Crippen molar-refractivity contribution >= 4 is 32.6 Å². The number of hydroxylamine groups is 2. The molecular weight excluding hydrogens is 486 g/mol. The van der Waals surface area contributed by atoms with Crippen LogP contribution >= 0.6 is 15.9 Å². The van der Waals surface area contributed by atoms with Gasteiger partial charge in [0.05, 0.1) is 24.8 Å². The standard InChI is InChI=1S/C24H42BrNO3Si2/c1-23(2,3)30(7,8)28-21-16-26-19(22(21)29-31(9,10)24(4,5)6)15-20(27-26)17-13-11-12-14-18(17)25/h11-14,19-22H,15-16H2,1-10H3/t19-,20-,21+,22+/m1/s1. The number of hydrogen-bond donors (Lipinski definition) is 0. The molecule has 4 atom stereocenters. The lowest BCUT2D eigenvalue weighted by Gasteiger charge is -2.43. The molecule has 0 aromatic heterocycles. The smallest absolute Gasteiger partial charge is 0.192 e. The van der Waals surface area contributed by atoms with Crippen LogP contribution in [0.3, 0.4) is 0 Å². The molecule has 31 heavy (non-hydrogen) atoms. The van der Waals surface area contributed by atoms with E-state index < -0.39 is 16.6 Å². The Morgan fingerprint density at radius 3 is 2.03 bits per heavy atom. The van der Waals surface area contributed by atoms with E-state index >= 15 is 0 Å². The summed E-state index contributed by atoms with van der Waals surface area (Å²) in [6.45, 7) is 24.0. The van der Waals surface area contributed by atoms with Crippen LogP contribution < -0.4 is 0 Å². The predicted molar refractivity (Wildman–Crippen MR) is 137 cm³/mol. The molecule has 2 heterocycles. The second kappa shape index (κ2) is 8.64. The molecule has 7 heteroatoms. The summed E-state index contributed by atoms with van der Waals surface area (Å²) < 4.78 is 15.1. The molecule has 0 radical (unpaired) electrons. The Kier molecular flexibility index (Phi) is 7.13. The highest BCUT2D eigenvalue weighted by molar-refractivity contribution is 9.10. The molecular formula is C24H42BrNO3Si2. The Hall–Kier alpha value is -0.0262. The van der Waals surface area contributed by atoms with Crippen LogP contribution in [0, 0.1) is 0 Å². The molecule has 2 fully saturated rings. The van der Waals surface area contributed by atoms with Gasteiger partial charge >= 0.3 is 0 Å². The van der Waals surface area contributed by atoms with Gasteiger partial charge in [-0.25, -0.2) is 0 Å². The van der Waals surface area contributed by atoms with Crippen molar-refractivity contribution in [2.24, 2.45) is 0 Å². The topological polar surface area (TPSA) is 30.9 Å². The summed E-state index contributed by atoms with van der Waals surface area (Å²) >= 11 is 3.71. The highest BCUT2D eigenvalue weighted by Crippen LogP contribution is 2.47. The Balaban J connectivity index is 1.87. The largest absolute Gasteiger partial charge is 0.410 e. The van der Waals surface area contributed by atoms with Gasteiger partial charge in [0.25, 0.3) is 0 Å². The second-order valence-corrected chi connectivity index (χ2v) is 22.6. The van der Waals surface area contributed by atoms with Crippen LogP contribution in [-0.2, 0) is 13.7 Å². The van der Waals surface area contributed by atoms with E-state index in [1.165, 1.54) is 5.56 Å². The lowest BCUT2D eigenvalue weighted by atomic mass is 10.00. The summed E-state index contributed by atoms with van der Waals surface area (Å²) in [6.07, 6.45) is 1.09. The average Bonchev–Trinajstić information content (AvgIpc) is 3.12. The van der Waals surface area contributed by atoms with E-state index in [1.54, 1.807) is 0 Å². The summed E-state index contributed by atoms with van der Waals surface area (Å²) in [5.74, 6) is 0. The van der Waals surface area contributed by atoms with Crippen molar-refractivity contribution in [1.29, 1.82) is 0 Å². The zero-order valence-corrected chi connectivity index (χ0v) is 24.7. The minimum atomic E-state index is -1.96. The highest BCUT2D eigenvalue weighted by Gasteiger charge is 2.55. The fraction of sp³-hybridized carbons (Fsp3) is 0.750. The number of rotatable bonds is 5. The van der Waals surface area contributed by atoms with E-state index in [0.29, 0.717) is 0 Å². The Morgan fingerprint density at radius 1 is 0.935 bits per heavy atom. The number of halogens is 1. The molecule has 3 rings (SSSR count). The summed E-state index contributed by atoms with van der Waals surface area (Å²) in [5.41, 5.74) is 1.21. The summed E-state index contributed by atoms with van der Waals surface area (Å²) in [5, 5.41) is 2.49. The molecule has 2 aliphatic heterocycles. The third kappa shape index (κ3) is 5.23. The molecule has 1 aromatic rings. The first-order valence-electron chi connectivity index (χ1n) is 11.6. The lowest BCUT2D eigenvalue weighted by Crippen LogP contribution is -2.53.